The van der Waals surface area contributed by atoms with Gasteiger partial charge in [-0.2, -0.15) is 13.2 Å². The lowest BCUT2D eigenvalue weighted by Crippen LogP contribution is -2.61. The van der Waals surface area contributed by atoms with E-state index in [0.29, 0.717) is 28.2 Å². The number of carbonyl (C=O) groups excluding carboxylic acids is 2. The number of carbonyl (C=O) groups is 2. The number of fused-ring (bicyclic) bond motifs is 1. The van der Waals surface area contributed by atoms with Crippen molar-refractivity contribution in [2.75, 3.05) is 6.61 Å². The van der Waals surface area contributed by atoms with Crippen molar-refractivity contribution in [3.63, 3.8) is 0 Å². The molecule has 0 aliphatic heterocycles. The molecule has 44 heavy (non-hydrogen) atoms. The van der Waals surface area contributed by atoms with E-state index in [2.05, 4.69) is 30.9 Å². The van der Waals surface area contributed by atoms with Crippen LogP contribution in [0.25, 0.3) is 28.2 Å². The van der Waals surface area contributed by atoms with Gasteiger partial charge >= 0.3 is 12.1 Å². The fraction of sp³-hybridized carbons (Fsp3) is 0.375. The maximum atomic E-state index is 13.1. The number of ether oxygens (including phenoxy) is 1. The second-order valence-corrected chi connectivity index (χ2v) is 12.0. The Balaban J connectivity index is 1.32. The number of benzene rings is 1. The Morgan fingerprint density at radius 1 is 1.11 bits per heavy atom. The predicted octanol–water partition coefficient (Wildman–Crippen LogP) is 6.71. The molecule has 228 valence electrons. The number of nitrogens with zero attached hydrogens (tertiary/aromatic N) is 5. The van der Waals surface area contributed by atoms with Gasteiger partial charge in [0.25, 0.3) is 0 Å². The van der Waals surface area contributed by atoms with Gasteiger partial charge in [-0.05, 0) is 61.7 Å². The van der Waals surface area contributed by atoms with Crippen molar-refractivity contribution >= 4 is 44.6 Å². The minimum atomic E-state index is -4.55. The number of aliphatic imine (C=N–C) groups is 1. The van der Waals surface area contributed by atoms with Crippen LogP contribution in [-0.2, 0) is 26.9 Å². The molecule has 1 spiro atoms. The zero-order chi connectivity index (χ0) is 31.1. The van der Waals surface area contributed by atoms with Gasteiger partial charge in [-0.25, -0.2) is 14.8 Å². The Morgan fingerprint density at radius 2 is 1.86 bits per heavy atom. The van der Waals surface area contributed by atoms with Crippen LogP contribution in [0.3, 0.4) is 0 Å². The zero-order valence-electron chi connectivity index (χ0n) is 23.9. The molecule has 2 aliphatic carbocycles. The molecule has 0 bridgehead atoms. The summed E-state index contributed by atoms with van der Waals surface area (Å²) in [7, 11) is 0. The molecule has 12 heteroatoms. The first-order valence-corrected chi connectivity index (χ1v) is 15.4. The number of hydrogen-bond donors (Lipinski definition) is 0. The second-order valence-electron chi connectivity index (χ2n) is 11.1. The van der Waals surface area contributed by atoms with Crippen molar-refractivity contribution < 1.29 is 27.5 Å². The first-order chi connectivity index (χ1) is 21.1. The first-order valence-electron chi connectivity index (χ1n) is 14.5. The van der Waals surface area contributed by atoms with E-state index in [4.69, 9.17) is 9.73 Å². The van der Waals surface area contributed by atoms with Gasteiger partial charge in [0.1, 0.15) is 21.9 Å². The molecule has 0 saturated heterocycles. The number of Topliss-reactive ketones (excluding diaryl/α,β-unsaturated/α-hetero) is 1. The number of alkyl halides is 4. The summed E-state index contributed by atoms with van der Waals surface area (Å²) in [5.41, 5.74) is 2.16. The SMILES string of the molecule is CCOC(=O)[C@H](Cc1ccc(-n2c(-c3ccc(C(F)(F)F)nc3)nc3cccnc32)cc1)N=C1C(Br)C(=O)C12CCCCC2. The lowest BCUT2D eigenvalue weighted by molar-refractivity contribution is -0.144. The van der Waals surface area contributed by atoms with Crippen LogP contribution < -0.4 is 0 Å². The predicted molar refractivity (Wildman–Crippen MR) is 162 cm³/mol. The summed E-state index contributed by atoms with van der Waals surface area (Å²) < 4.78 is 46.5. The Hall–Kier alpha value is -3.93. The van der Waals surface area contributed by atoms with Crippen molar-refractivity contribution in [1.82, 2.24) is 19.5 Å². The number of imidazole rings is 1. The minimum absolute atomic E-state index is 0.142. The fourth-order valence-electron chi connectivity index (χ4n) is 6.14. The lowest BCUT2D eigenvalue weighted by Gasteiger charge is -2.47. The van der Waals surface area contributed by atoms with Gasteiger partial charge in [-0.15, -0.1) is 0 Å². The largest absolute Gasteiger partial charge is 0.464 e. The van der Waals surface area contributed by atoms with Gasteiger partial charge in [0, 0.05) is 35.8 Å². The van der Waals surface area contributed by atoms with Crippen LogP contribution in [0.15, 0.2) is 65.9 Å². The number of ketones is 1. The molecule has 2 atom stereocenters. The molecular formula is C32H29BrF3N5O3. The number of halogens is 4. The molecule has 6 rings (SSSR count). The molecule has 1 aromatic carbocycles. The highest BCUT2D eigenvalue weighted by atomic mass is 79.9. The molecular weight excluding hydrogens is 639 g/mol. The highest BCUT2D eigenvalue weighted by Gasteiger charge is 2.58. The molecule has 8 nitrogen and oxygen atoms in total. The lowest BCUT2D eigenvalue weighted by atomic mass is 9.58. The summed E-state index contributed by atoms with van der Waals surface area (Å²) in [4.78, 5) is 43.0. The molecule has 0 amide bonds. The maximum absolute atomic E-state index is 13.1. The van der Waals surface area contributed by atoms with E-state index in [-0.39, 0.29) is 18.8 Å². The molecule has 2 saturated carbocycles. The topological polar surface area (TPSA) is 99.3 Å². The Kier molecular flexibility index (Phi) is 8.12. The van der Waals surface area contributed by atoms with Crippen LogP contribution in [0.5, 0.6) is 0 Å². The number of rotatable bonds is 7. The molecule has 3 aromatic heterocycles. The van der Waals surface area contributed by atoms with Crippen molar-refractivity contribution in [2.45, 2.75) is 62.5 Å². The Labute approximate surface area is 259 Å². The minimum Gasteiger partial charge on any atom is -0.464 e. The Morgan fingerprint density at radius 3 is 2.52 bits per heavy atom. The normalized spacial score (nSPS) is 19.7. The van der Waals surface area contributed by atoms with E-state index in [1.54, 1.807) is 29.8 Å². The third kappa shape index (κ3) is 5.44. The molecule has 4 aromatic rings. The highest BCUT2D eigenvalue weighted by Crippen LogP contribution is 2.49. The summed E-state index contributed by atoms with van der Waals surface area (Å²) in [5, 5.41) is 0. The third-order valence-electron chi connectivity index (χ3n) is 8.34. The molecule has 0 radical (unpaired) electrons. The van der Waals surface area contributed by atoms with E-state index < -0.39 is 34.1 Å². The summed E-state index contributed by atoms with van der Waals surface area (Å²) in [6.07, 6.45) is 2.99. The fourth-order valence-corrected chi connectivity index (χ4v) is 7.14. The van der Waals surface area contributed by atoms with Gasteiger partial charge in [-0.1, -0.05) is 47.3 Å². The van der Waals surface area contributed by atoms with Crippen molar-refractivity contribution in [3.05, 3.63) is 72.2 Å². The van der Waals surface area contributed by atoms with Crippen LogP contribution >= 0.6 is 15.9 Å². The highest BCUT2D eigenvalue weighted by molar-refractivity contribution is 9.10. The molecule has 1 unspecified atom stereocenters. The number of hydrogen-bond acceptors (Lipinski definition) is 7. The van der Waals surface area contributed by atoms with Crippen LogP contribution in [0, 0.1) is 5.41 Å². The summed E-state index contributed by atoms with van der Waals surface area (Å²) in [5.74, 6) is 0.0818. The third-order valence-corrected chi connectivity index (χ3v) is 9.19. The van der Waals surface area contributed by atoms with Crippen molar-refractivity contribution in [3.8, 4) is 17.1 Å². The maximum Gasteiger partial charge on any atom is 0.433 e. The first kappa shape index (κ1) is 30.1. The van der Waals surface area contributed by atoms with E-state index >= 15 is 0 Å². The monoisotopic (exact) mass is 667 g/mol. The van der Waals surface area contributed by atoms with Gasteiger partial charge in [0.2, 0.25) is 0 Å². The quantitative estimate of drug-likeness (QED) is 0.160. The smallest absolute Gasteiger partial charge is 0.433 e. The molecule has 2 fully saturated rings. The van der Waals surface area contributed by atoms with Crippen LogP contribution in [0.1, 0.15) is 50.3 Å². The van der Waals surface area contributed by atoms with Gasteiger partial charge in [0.15, 0.2) is 17.5 Å². The average Bonchev–Trinajstić information content (AvgIpc) is 3.42. The number of aromatic nitrogens is 4. The molecule has 2 aliphatic rings. The second kappa shape index (κ2) is 11.9. The van der Waals surface area contributed by atoms with Crippen LogP contribution in [0.4, 0.5) is 13.2 Å². The number of esters is 1. The summed E-state index contributed by atoms with van der Waals surface area (Å²) in [6.45, 7) is 1.95. The van der Waals surface area contributed by atoms with Gasteiger partial charge in [0.05, 0.1) is 12.0 Å². The standard InChI is InChI=1S/C32H29BrF3N5O3/c1-2-44-30(43)23(39-26-25(33)27(42)31(26)14-4-3-5-15-31)17-19-8-11-21(12-9-19)41-28(40-22-7-6-16-37-29(22)41)20-10-13-24(38-18-20)32(34,35)36/h6-13,16,18,23,25H,2-5,14-15,17H2,1H3/t23-,25?/m0/s1. The molecule has 0 N–H and O–H groups in total. The summed E-state index contributed by atoms with van der Waals surface area (Å²) >= 11 is 3.49. The molecule has 3 heterocycles. The van der Waals surface area contributed by atoms with E-state index in [9.17, 15) is 22.8 Å². The average molecular weight is 669 g/mol. The van der Waals surface area contributed by atoms with Crippen LogP contribution in [0.2, 0.25) is 0 Å². The van der Waals surface area contributed by atoms with Gasteiger partial charge < -0.3 is 4.74 Å². The van der Waals surface area contributed by atoms with Crippen LogP contribution in [-0.4, -0.2) is 54.5 Å². The van der Waals surface area contributed by atoms with Gasteiger partial charge in [-0.3, -0.25) is 19.3 Å². The van der Waals surface area contributed by atoms with Crippen molar-refractivity contribution in [2.24, 2.45) is 10.4 Å². The summed E-state index contributed by atoms with van der Waals surface area (Å²) in [6, 6.07) is 12.4. The zero-order valence-corrected chi connectivity index (χ0v) is 25.4. The number of pyridine rings is 2. The Bertz CT molecular complexity index is 1730. The van der Waals surface area contributed by atoms with Crippen molar-refractivity contribution in [1.29, 1.82) is 0 Å². The van der Waals surface area contributed by atoms with E-state index in [1.165, 1.54) is 6.07 Å². The van der Waals surface area contributed by atoms with E-state index in [1.807, 2.05) is 24.3 Å². The van der Waals surface area contributed by atoms with E-state index in [0.717, 1.165) is 55.6 Å².